The minimum atomic E-state index is 0.371. The van der Waals surface area contributed by atoms with Crippen molar-refractivity contribution >= 4 is 28.5 Å². The Bertz CT molecular complexity index is 1460. The highest BCUT2D eigenvalue weighted by Gasteiger charge is 2.24. The number of fused-ring (bicyclic) bond motifs is 1. The molecule has 4 aromatic heterocycles. The summed E-state index contributed by atoms with van der Waals surface area (Å²) in [5.74, 6) is 3.08. The Morgan fingerprint density at radius 3 is 2.58 bits per heavy atom. The van der Waals surface area contributed by atoms with Crippen molar-refractivity contribution in [1.29, 1.82) is 5.26 Å². The predicted molar refractivity (Wildman–Crippen MR) is 146 cm³/mol. The van der Waals surface area contributed by atoms with Gasteiger partial charge in [-0.25, -0.2) is 19.9 Å². The molecule has 0 bridgehead atoms. The standard InChI is InChI=1S/C28H29N9O/c29-18-21-3-1-5-23(33-21)24-6-10-31-28(34-24)32-19-20-7-11-37(12-8-20)27-22-4-2-9-30-25(22)17-26(35-27)36-13-15-38-16-14-36/h1-6,9-10,17,20H,7-8,11-16,19H2,(H,31,32,34). The minimum absolute atomic E-state index is 0.371. The Morgan fingerprint density at radius 1 is 0.895 bits per heavy atom. The van der Waals surface area contributed by atoms with Crippen LogP contribution in [-0.2, 0) is 4.74 Å². The van der Waals surface area contributed by atoms with Gasteiger partial charge in [0.05, 0.1) is 30.1 Å². The first-order chi connectivity index (χ1) is 18.8. The maximum Gasteiger partial charge on any atom is 0.223 e. The van der Waals surface area contributed by atoms with Crippen LogP contribution >= 0.6 is 0 Å². The molecule has 0 saturated carbocycles. The zero-order chi connectivity index (χ0) is 25.7. The van der Waals surface area contributed by atoms with E-state index in [9.17, 15) is 0 Å². The highest BCUT2D eigenvalue weighted by Crippen LogP contribution is 2.31. The van der Waals surface area contributed by atoms with Gasteiger partial charge in [-0.1, -0.05) is 6.07 Å². The number of nitrogens with one attached hydrogen (secondary N) is 1. The van der Waals surface area contributed by atoms with Crippen molar-refractivity contribution in [3.63, 3.8) is 0 Å². The van der Waals surface area contributed by atoms with Gasteiger partial charge in [-0.15, -0.1) is 0 Å². The lowest BCUT2D eigenvalue weighted by molar-refractivity contribution is 0.122. The van der Waals surface area contributed by atoms with E-state index in [1.54, 1.807) is 12.3 Å². The molecular formula is C28H29N9O. The molecule has 10 heteroatoms. The van der Waals surface area contributed by atoms with Crippen LogP contribution in [0.4, 0.5) is 17.6 Å². The van der Waals surface area contributed by atoms with Gasteiger partial charge in [-0.3, -0.25) is 4.98 Å². The number of hydrogen-bond acceptors (Lipinski definition) is 10. The molecule has 0 radical (unpaired) electrons. The second-order valence-corrected chi connectivity index (χ2v) is 9.57. The van der Waals surface area contributed by atoms with Crippen molar-refractivity contribution in [2.24, 2.45) is 5.92 Å². The molecule has 2 aliphatic heterocycles. The molecule has 4 aromatic rings. The van der Waals surface area contributed by atoms with E-state index in [1.807, 2.05) is 30.5 Å². The number of pyridine rings is 3. The Hall–Kier alpha value is -4.36. The van der Waals surface area contributed by atoms with Crippen LogP contribution in [-0.4, -0.2) is 70.9 Å². The van der Waals surface area contributed by atoms with E-state index in [0.717, 1.165) is 81.3 Å². The maximum absolute atomic E-state index is 9.13. The summed E-state index contributed by atoms with van der Waals surface area (Å²) in [6, 6.07) is 15.4. The zero-order valence-corrected chi connectivity index (χ0v) is 21.1. The Kier molecular flexibility index (Phi) is 6.91. The van der Waals surface area contributed by atoms with Crippen LogP contribution in [0.15, 0.2) is 54.9 Å². The molecule has 2 fully saturated rings. The topological polar surface area (TPSA) is 116 Å². The average molecular weight is 508 g/mol. The molecule has 2 aliphatic rings. The van der Waals surface area contributed by atoms with Crippen LogP contribution < -0.4 is 15.1 Å². The second kappa shape index (κ2) is 10.9. The molecule has 0 aromatic carbocycles. The fourth-order valence-electron chi connectivity index (χ4n) is 5.05. The van der Waals surface area contributed by atoms with Gasteiger partial charge >= 0.3 is 0 Å². The SMILES string of the molecule is N#Cc1cccc(-c2ccnc(NCC3CCN(c4nc(N5CCOCC5)cc5ncccc45)CC3)n2)n1. The van der Waals surface area contributed by atoms with Gasteiger partial charge in [0.2, 0.25) is 5.95 Å². The van der Waals surface area contributed by atoms with E-state index < -0.39 is 0 Å². The van der Waals surface area contributed by atoms with Crippen molar-refractivity contribution in [3.8, 4) is 17.5 Å². The summed E-state index contributed by atoms with van der Waals surface area (Å²) in [5.41, 5.74) is 2.71. The molecule has 2 saturated heterocycles. The first-order valence-electron chi connectivity index (χ1n) is 13.0. The fraction of sp³-hybridized carbons (Fsp3) is 0.357. The van der Waals surface area contributed by atoms with E-state index in [4.69, 9.17) is 15.0 Å². The molecule has 6 heterocycles. The lowest BCUT2D eigenvalue weighted by Gasteiger charge is -2.34. The lowest BCUT2D eigenvalue weighted by Crippen LogP contribution is -2.38. The number of nitrogens with zero attached hydrogens (tertiary/aromatic N) is 8. The Labute approximate surface area is 221 Å². The number of aromatic nitrogens is 5. The molecule has 0 unspecified atom stereocenters. The number of rotatable bonds is 6. The van der Waals surface area contributed by atoms with Crippen LogP contribution in [0.2, 0.25) is 0 Å². The molecule has 38 heavy (non-hydrogen) atoms. The van der Waals surface area contributed by atoms with E-state index in [0.29, 0.717) is 28.9 Å². The quantitative estimate of drug-likeness (QED) is 0.415. The smallest absolute Gasteiger partial charge is 0.223 e. The first kappa shape index (κ1) is 24.0. The Balaban J connectivity index is 1.11. The highest BCUT2D eigenvalue weighted by molar-refractivity contribution is 5.91. The van der Waals surface area contributed by atoms with Crippen molar-refractivity contribution in [2.45, 2.75) is 12.8 Å². The lowest BCUT2D eigenvalue weighted by atomic mass is 9.96. The molecule has 0 spiro atoms. The highest BCUT2D eigenvalue weighted by atomic mass is 16.5. The van der Waals surface area contributed by atoms with Crippen molar-refractivity contribution in [2.75, 3.05) is 61.1 Å². The molecule has 0 aliphatic carbocycles. The second-order valence-electron chi connectivity index (χ2n) is 9.57. The fourth-order valence-corrected chi connectivity index (χ4v) is 5.05. The van der Waals surface area contributed by atoms with Gasteiger partial charge in [0.15, 0.2) is 0 Å². The Morgan fingerprint density at radius 2 is 1.74 bits per heavy atom. The summed E-state index contributed by atoms with van der Waals surface area (Å²) in [7, 11) is 0. The summed E-state index contributed by atoms with van der Waals surface area (Å²) in [4.78, 5) is 27.8. The number of piperidine rings is 1. The van der Waals surface area contributed by atoms with Crippen LogP contribution in [0.5, 0.6) is 0 Å². The van der Waals surface area contributed by atoms with Gasteiger partial charge in [0.1, 0.15) is 23.4 Å². The number of nitriles is 1. The summed E-state index contributed by atoms with van der Waals surface area (Å²) in [6.45, 7) is 5.81. The van der Waals surface area contributed by atoms with Gasteiger partial charge in [-0.2, -0.15) is 5.26 Å². The number of hydrogen-bond donors (Lipinski definition) is 1. The molecule has 0 amide bonds. The summed E-state index contributed by atoms with van der Waals surface area (Å²) in [6.07, 6.45) is 5.66. The normalized spacial score (nSPS) is 16.4. The zero-order valence-electron chi connectivity index (χ0n) is 21.1. The van der Waals surface area contributed by atoms with Crippen molar-refractivity contribution in [3.05, 3.63) is 60.6 Å². The van der Waals surface area contributed by atoms with Crippen molar-refractivity contribution < 1.29 is 4.74 Å². The van der Waals surface area contributed by atoms with E-state index in [-0.39, 0.29) is 0 Å². The van der Waals surface area contributed by atoms with Gasteiger partial charge in [-0.05, 0) is 49.1 Å². The van der Waals surface area contributed by atoms with E-state index in [2.05, 4.69) is 53.3 Å². The first-order valence-corrected chi connectivity index (χ1v) is 13.0. The van der Waals surface area contributed by atoms with Crippen molar-refractivity contribution in [1.82, 2.24) is 24.9 Å². The van der Waals surface area contributed by atoms with Gasteiger partial charge in [0.25, 0.3) is 0 Å². The summed E-state index contributed by atoms with van der Waals surface area (Å²) < 4.78 is 5.54. The van der Waals surface area contributed by atoms with Gasteiger partial charge < -0.3 is 19.9 Å². The molecule has 192 valence electrons. The minimum Gasteiger partial charge on any atom is -0.378 e. The van der Waals surface area contributed by atoms with Crippen LogP contribution in [0.3, 0.4) is 0 Å². The number of morpholine rings is 1. The molecule has 6 rings (SSSR count). The predicted octanol–water partition coefficient (Wildman–Crippen LogP) is 3.52. The number of ether oxygens (including phenoxy) is 1. The molecule has 1 N–H and O–H groups in total. The monoisotopic (exact) mass is 507 g/mol. The summed E-state index contributed by atoms with van der Waals surface area (Å²) >= 11 is 0. The molecule has 0 atom stereocenters. The maximum atomic E-state index is 9.13. The molecular weight excluding hydrogens is 478 g/mol. The van der Waals surface area contributed by atoms with Crippen LogP contribution in [0.1, 0.15) is 18.5 Å². The average Bonchev–Trinajstić information content (AvgIpc) is 3.00. The van der Waals surface area contributed by atoms with Crippen LogP contribution in [0, 0.1) is 17.2 Å². The third-order valence-electron chi connectivity index (χ3n) is 7.15. The third-order valence-corrected chi connectivity index (χ3v) is 7.15. The van der Waals surface area contributed by atoms with Gasteiger partial charge in [0, 0.05) is 56.6 Å². The molecule has 10 nitrogen and oxygen atoms in total. The van der Waals surface area contributed by atoms with E-state index in [1.165, 1.54) is 0 Å². The van der Waals surface area contributed by atoms with E-state index >= 15 is 0 Å². The third kappa shape index (κ3) is 5.19. The number of anilines is 3. The largest absolute Gasteiger partial charge is 0.378 e. The summed E-state index contributed by atoms with van der Waals surface area (Å²) in [5, 5.41) is 13.6. The van der Waals surface area contributed by atoms with Crippen LogP contribution in [0.25, 0.3) is 22.3 Å².